The molecule has 1 amide bonds. The van der Waals surface area contributed by atoms with Crippen molar-refractivity contribution in [1.29, 1.82) is 0 Å². The van der Waals surface area contributed by atoms with Gasteiger partial charge in [0.05, 0.1) is 18.7 Å². The highest BCUT2D eigenvalue weighted by atomic mass is 19.1. The van der Waals surface area contributed by atoms with Crippen LogP contribution < -0.4 is 0 Å². The van der Waals surface area contributed by atoms with E-state index in [0.717, 1.165) is 11.3 Å². The molecule has 0 fully saturated rings. The molecule has 1 heterocycles. The van der Waals surface area contributed by atoms with Crippen LogP contribution in [0.3, 0.4) is 0 Å². The average molecular weight is 248 g/mol. The van der Waals surface area contributed by atoms with Gasteiger partial charge in [-0.1, -0.05) is 32.9 Å². The molecule has 1 aromatic rings. The summed E-state index contributed by atoms with van der Waals surface area (Å²) in [6.07, 6.45) is 0.380. The highest BCUT2D eigenvalue weighted by Gasteiger charge is 2.30. The van der Waals surface area contributed by atoms with Crippen molar-refractivity contribution in [2.24, 2.45) is 10.5 Å². The van der Waals surface area contributed by atoms with Gasteiger partial charge < -0.3 is 0 Å². The second-order valence-corrected chi connectivity index (χ2v) is 5.55. The fourth-order valence-electron chi connectivity index (χ4n) is 1.77. The monoisotopic (exact) mass is 248 g/mol. The van der Waals surface area contributed by atoms with Crippen LogP contribution in [-0.4, -0.2) is 16.6 Å². The predicted molar refractivity (Wildman–Crippen MR) is 68.5 cm³/mol. The van der Waals surface area contributed by atoms with Crippen LogP contribution in [0.4, 0.5) is 4.39 Å². The Hall–Kier alpha value is -1.71. The van der Waals surface area contributed by atoms with Crippen LogP contribution >= 0.6 is 0 Å². The Morgan fingerprint density at radius 2 is 1.89 bits per heavy atom. The number of halogens is 1. The maximum atomic E-state index is 12.8. The molecule has 0 saturated carbocycles. The summed E-state index contributed by atoms with van der Waals surface area (Å²) in [6.45, 7) is 6.53. The number of amides is 1. The second kappa shape index (κ2) is 4.52. The molecule has 1 aromatic carbocycles. The number of carbonyl (C=O) groups excluding carboxylic acids is 1. The van der Waals surface area contributed by atoms with Crippen LogP contribution in [0, 0.1) is 11.2 Å². The van der Waals surface area contributed by atoms with Crippen LogP contribution in [0.5, 0.6) is 0 Å². The molecule has 1 aliphatic heterocycles. The Morgan fingerprint density at radius 1 is 1.28 bits per heavy atom. The standard InChI is InChI=1S/C14H17FN2O/c1-14(2,3)12-8-13(18)17(16-12)9-10-4-6-11(15)7-5-10/h4-7H,8-9H2,1-3H3. The molecule has 0 radical (unpaired) electrons. The van der Waals surface area contributed by atoms with E-state index < -0.39 is 0 Å². The number of benzene rings is 1. The number of rotatable bonds is 2. The lowest BCUT2D eigenvalue weighted by Crippen LogP contribution is -2.20. The van der Waals surface area contributed by atoms with Crippen LogP contribution in [0.25, 0.3) is 0 Å². The van der Waals surface area contributed by atoms with Crippen LogP contribution in [-0.2, 0) is 11.3 Å². The first-order chi connectivity index (χ1) is 8.36. The second-order valence-electron chi connectivity index (χ2n) is 5.55. The van der Waals surface area contributed by atoms with E-state index in [-0.39, 0.29) is 17.1 Å². The third-order valence-electron chi connectivity index (χ3n) is 2.96. The largest absolute Gasteiger partial charge is 0.273 e. The topological polar surface area (TPSA) is 32.7 Å². The zero-order chi connectivity index (χ0) is 13.3. The van der Waals surface area contributed by atoms with Gasteiger partial charge in [0.2, 0.25) is 5.91 Å². The highest BCUT2D eigenvalue weighted by Crippen LogP contribution is 2.25. The predicted octanol–water partition coefficient (Wildman–Crippen LogP) is 2.96. The van der Waals surface area contributed by atoms with Crippen molar-refractivity contribution in [3.8, 4) is 0 Å². The molecule has 2 rings (SSSR count). The van der Waals surface area contributed by atoms with E-state index in [0.29, 0.717) is 13.0 Å². The summed E-state index contributed by atoms with van der Waals surface area (Å²) in [5, 5.41) is 5.83. The Morgan fingerprint density at radius 3 is 2.39 bits per heavy atom. The molecular weight excluding hydrogens is 231 g/mol. The highest BCUT2D eigenvalue weighted by molar-refractivity contribution is 6.07. The minimum atomic E-state index is -0.273. The average Bonchev–Trinajstić information content (AvgIpc) is 2.63. The minimum Gasteiger partial charge on any atom is -0.273 e. The van der Waals surface area contributed by atoms with Crippen LogP contribution in [0.2, 0.25) is 0 Å². The number of nitrogens with zero attached hydrogens (tertiary/aromatic N) is 2. The number of hydrazone groups is 1. The Labute approximate surface area is 106 Å². The molecule has 18 heavy (non-hydrogen) atoms. The van der Waals surface area contributed by atoms with Crippen molar-refractivity contribution >= 4 is 11.6 Å². The van der Waals surface area contributed by atoms with Gasteiger partial charge >= 0.3 is 0 Å². The maximum Gasteiger partial charge on any atom is 0.248 e. The number of hydrogen-bond acceptors (Lipinski definition) is 2. The maximum absolute atomic E-state index is 12.8. The van der Waals surface area contributed by atoms with E-state index in [9.17, 15) is 9.18 Å². The molecule has 0 unspecified atom stereocenters. The fraction of sp³-hybridized carbons (Fsp3) is 0.429. The van der Waals surface area contributed by atoms with Crippen molar-refractivity contribution in [1.82, 2.24) is 5.01 Å². The Kier molecular flexibility index (Phi) is 3.20. The quantitative estimate of drug-likeness (QED) is 0.792. The van der Waals surface area contributed by atoms with Gasteiger partial charge in [-0.25, -0.2) is 9.40 Å². The Balaban J connectivity index is 2.12. The molecule has 1 aliphatic rings. The molecule has 0 spiro atoms. The molecule has 0 bridgehead atoms. The summed E-state index contributed by atoms with van der Waals surface area (Å²) >= 11 is 0. The first-order valence-electron chi connectivity index (χ1n) is 5.99. The van der Waals surface area contributed by atoms with Crippen molar-refractivity contribution in [2.75, 3.05) is 0 Å². The summed E-state index contributed by atoms with van der Waals surface area (Å²) in [7, 11) is 0. The SMILES string of the molecule is CC(C)(C)C1=NN(Cc2ccc(F)cc2)C(=O)C1. The fourth-order valence-corrected chi connectivity index (χ4v) is 1.77. The normalized spacial score (nSPS) is 16.1. The smallest absolute Gasteiger partial charge is 0.248 e. The minimum absolute atomic E-state index is 0.00394. The molecule has 0 atom stereocenters. The van der Waals surface area contributed by atoms with E-state index in [2.05, 4.69) is 5.10 Å². The van der Waals surface area contributed by atoms with Gasteiger partial charge in [-0.2, -0.15) is 5.10 Å². The molecule has 0 aromatic heterocycles. The lowest BCUT2D eigenvalue weighted by atomic mass is 9.88. The summed E-state index contributed by atoms with van der Waals surface area (Å²) < 4.78 is 12.8. The molecule has 0 N–H and O–H groups in total. The lowest BCUT2D eigenvalue weighted by Gasteiger charge is -2.16. The van der Waals surface area contributed by atoms with E-state index >= 15 is 0 Å². The van der Waals surface area contributed by atoms with Gasteiger partial charge in [0, 0.05) is 5.41 Å². The van der Waals surface area contributed by atoms with E-state index in [1.54, 1.807) is 12.1 Å². The van der Waals surface area contributed by atoms with Gasteiger partial charge in [-0.15, -0.1) is 0 Å². The number of carbonyl (C=O) groups is 1. The van der Waals surface area contributed by atoms with Gasteiger partial charge in [-0.3, -0.25) is 4.79 Å². The van der Waals surface area contributed by atoms with Gasteiger partial charge in [0.1, 0.15) is 5.82 Å². The molecule has 96 valence electrons. The van der Waals surface area contributed by atoms with Crippen LogP contribution in [0.15, 0.2) is 29.4 Å². The molecule has 0 aliphatic carbocycles. The van der Waals surface area contributed by atoms with Crippen LogP contribution in [0.1, 0.15) is 32.8 Å². The first-order valence-corrected chi connectivity index (χ1v) is 5.99. The molecular formula is C14H17FN2O. The zero-order valence-corrected chi connectivity index (χ0v) is 10.9. The summed E-state index contributed by atoms with van der Waals surface area (Å²) in [5.74, 6) is -0.269. The summed E-state index contributed by atoms with van der Waals surface area (Å²) in [6, 6.07) is 6.13. The van der Waals surface area contributed by atoms with Gasteiger partial charge in [0.25, 0.3) is 0 Å². The van der Waals surface area contributed by atoms with Gasteiger partial charge in [0.15, 0.2) is 0 Å². The first kappa shape index (κ1) is 12.7. The van der Waals surface area contributed by atoms with Crippen molar-refractivity contribution in [3.63, 3.8) is 0 Å². The van der Waals surface area contributed by atoms with E-state index in [1.165, 1.54) is 17.1 Å². The van der Waals surface area contributed by atoms with E-state index in [1.807, 2.05) is 20.8 Å². The summed E-state index contributed by atoms with van der Waals surface area (Å²) in [4.78, 5) is 11.8. The van der Waals surface area contributed by atoms with Crippen molar-refractivity contribution in [3.05, 3.63) is 35.6 Å². The van der Waals surface area contributed by atoms with Crippen molar-refractivity contribution in [2.45, 2.75) is 33.7 Å². The summed E-state index contributed by atoms with van der Waals surface area (Å²) in [5.41, 5.74) is 1.69. The molecule has 3 nitrogen and oxygen atoms in total. The molecule has 4 heteroatoms. The van der Waals surface area contributed by atoms with E-state index in [4.69, 9.17) is 0 Å². The number of hydrogen-bond donors (Lipinski definition) is 0. The van der Waals surface area contributed by atoms with Crippen molar-refractivity contribution < 1.29 is 9.18 Å². The zero-order valence-electron chi connectivity index (χ0n) is 10.9. The third kappa shape index (κ3) is 2.75. The Bertz CT molecular complexity index is 486. The molecule has 0 saturated heterocycles. The van der Waals surface area contributed by atoms with Gasteiger partial charge in [-0.05, 0) is 17.7 Å². The lowest BCUT2D eigenvalue weighted by molar-refractivity contribution is -0.129. The third-order valence-corrected chi connectivity index (χ3v) is 2.96.